The van der Waals surface area contributed by atoms with Crippen LogP contribution in [0.5, 0.6) is 11.5 Å². The van der Waals surface area contributed by atoms with Gasteiger partial charge in [0.05, 0.1) is 12.7 Å². The number of rotatable bonds is 5. The number of para-hydroxylation sites is 1. The highest BCUT2D eigenvalue weighted by atomic mass is 19.1. The summed E-state index contributed by atoms with van der Waals surface area (Å²) in [6.45, 7) is 0.361. The summed E-state index contributed by atoms with van der Waals surface area (Å²) in [6, 6.07) is 10.9. The summed E-state index contributed by atoms with van der Waals surface area (Å²) in [5.74, 6) is -0.715. The standard InChI is InChI=1S/C16H16FNO3/c1-21-15-5-3-2-4-11(15)8-9-18-16(20)13-7-6-12(19)10-14(13)17/h2-7,10,19H,8-9H2,1H3,(H,18,20). The Morgan fingerprint density at radius 2 is 2.05 bits per heavy atom. The Morgan fingerprint density at radius 3 is 2.76 bits per heavy atom. The number of aromatic hydroxyl groups is 1. The number of carbonyl (C=O) groups is 1. The van der Waals surface area contributed by atoms with Gasteiger partial charge in [-0.2, -0.15) is 0 Å². The number of halogens is 1. The zero-order valence-electron chi connectivity index (χ0n) is 11.6. The van der Waals surface area contributed by atoms with E-state index in [1.807, 2.05) is 24.3 Å². The third-order valence-corrected chi connectivity index (χ3v) is 3.07. The van der Waals surface area contributed by atoms with Crippen LogP contribution >= 0.6 is 0 Å². The van der Waals surface area contributed by atoms with Crippen molar-refractivity contribution < 1.29 is 19.0 Å². The van der Waals surface area contributed by atoms with E-state index in [1.165, 1.54) is 12.1 Å². The van der Waals surface area contributed by atoms with Crippen molar-refractivity contribution >= 4 is 5.91 Å². The van der Waals surface area contributed by atoms with Crippen molar-refractivity contribution in [3.05, 3.63) is 59.4 Å². The number of amides is 1. The minimum atomic E-state index is -0.746. The molecule has 0 unspecified atom stereocenters. The maximum absolute atomic E-state index is 13.5. The highest BCUT2D eigenvalue weighted by molar-refractivity contribution is 5.94. The van der Waals surface area contributed by atoms with Crippen molar-refractivity contribution in [2.75, 3.05) is 13.7 Å². The highest BCUT2D eigenvalue weighted by Gasteiger charge is 2.12. The summed E-state index contributed by atoms with van der Waals surface area (Å²) in [5, 5.41) is 11.8. The van der Waals surface area contributed by atoms with E-state index in [0.717, 1.165) is 17.4 Å². The van der Waals surface area contributed by atoms with Gasteiger partial charge in [-0.1, -0.05) is 18.2 Å². The van der Waals surface area contributed by atoms with Crippen LogP contribution in [0.2, 0.25) is 0 Å². The van der Waals surface area contributed by atoms with E-state index in [1.54, 1.807) is 7.11 Å². The minimum Gasteiger partial charge on any atom is -0.508 e. The van der Waals surface area contributed by atoms with Crippen molar-refractivity contribution in [3.8, 4) is 11.5 Å². The van der Waals surface area contributed by atoms with Gasteiger partial charge >= 0.3 is 0 Å². The quantitative estimate of drug-likeness (QED) is 0.889. The first-order valence-corrected chi connectivity index (χ1v) is 6.50. The lowest BCUT2D eigenvalue weighted by Gasteiger charge is -2.09. The lowest BCUT2D eigenvalue weighted by atomic mass is 10.1. The Balaban J connectivity index is 1.95. The topological polar surface area (TPSA) is 58.6 Å². The van der Waals surface area contributed by atoms with Crippen molar-refractivity contribution in [2.45, 2.75) is 6.42 Å². The van der Waals surface area contributed by atoms with Gasteiger partial charge in [-0.05, 0) is 30.2 Å². The fourth-order valence-electron chi connectivity index (χ4n) is 2.00. The zero-order chi connectivity index (χ0) is 15.2. The molecule has 2 aromatic rings. The van der Waals surface area contributed by atoms with Crippen LogP contribution in [0.25, 0.3) is 0 Å². The van der Waals surface area contributed by atoms with E-state index in [-0.39, 0.29) is 11.3 Å². The molecule has 0 aliphatic carbocycles. The molecule has 0 bridgehead atoms. The predicted octanol–water partition coefficient (Wildman–Crippen LogP) is 2.51. The van der Waals surface area contributed by atoms with Gasteiger partial charge in [0.15, 0.2) is 0 Å². The second-order valence-electron chi connectivity index (χ2n) is 4.48. The molecule has 0 atom stereocenters. The fraction of sp³-hybridized carbons (Fsp3) is 0.188. The average Bonchev–Trinajstić information content (AvgIpc) is 2.47. The summed E-state index contributed by atoms with van der Waals surface area (Å²) in [4.78, 5) is 11.9. The van der Waals surface area contributed by atoms with Gasteiger partial charge in [-0.15, -0.1) is 0 Å². The molecule has 2 N–H and O–H groups in total. The van der Waals surface area contributed by atoms with Crippen molar-refractivity contribution in [3.63, 3.8) is 0 Å². The van der Waals surface area contributed by atoms with Crippen LogP contribution in [0, 0.1) is 5.82 Å². The van der Waals surface area contributed by atoms with Crippen LogP contribution < -0.4 is 10.1 Å². The Bertz CT molecular complexity index is 643. The molecule has 0 radical (unpaired) electrons. The number of phenols is 1. The number of ether oxygens (including phenoxy) is 1. The van der Waals surface area contributed by atoms with Gasteiger partial charge in [0.25, 0.3) is 5.91 Å². The average molecular weight is 289 g/mol. The maximum Gasteiger partial charge on any atom is 0.254 e. The number of methoxy groups -OCH3 is 1. The summed E-state index contributed by atoms with van der Waals surface area (Å²) < 4.78 is 18.7. The maximum atomic E-state index is 13.5. The SMILES string of the molecule is COc1ccccc1CCNC(=O)c1ccc(O)cc1F. The van der Waals surface area contributed by atoms with Gasteiger partial charge in [-0.3, -0.25) is 4.79 Å². The second-order valence-corrected chi connectivity index (χ2v) is 4.48. The first-order chi connectivity index (χ1) is 10.1. The molecule has 0 spiro atoms. The normalized spacial score (nSPS) is 10.2. The third-order valence-electron chi connectivity index (χ3n) is 3.07. The number of benzene rings is 2. The molecule has 0 saturated carbocycles. The van der Waals surface area contributed by atoms with E-state index in [0.29, 0.717) is 13.0 Å². The van der Waals surface area contributed by atoms with Crippen LogP contribution in [0.4, 0.5) is 4.39 Å². The Hall–Kier alpha value is -2.56. The van der Waals surface area contributed by atoms with Crippen molar-refractivity contribution in [1.82, 2.24) is 5.32 Å². The lowest BCUT2D eigenvalue weighted by molar-refractivity contribution is 0.0950. The van der Waals surface area contributed by atoms with Crippen LogP contribution in [0.15, 0.2) is 42.5 Å². The molecule has 0 saturated heterocycles. The molecular weight excluding hydrogens is 273 g/mol. The molecule has 5 heteroatoms. The fourth-order valence-corrected chi connectivity index (χ4v) is 2.00. The Morgan fingerprint density at radius 1 is 1.29 bits per heavy atom. The number of nitrogens with one attached hydrogen (secondary N) is 1. The van der Waals surface area contributed by atoms with E-state index in [2.05, 4.69) is 5.32 Å². The molecule has 0 fully saturated rings. The summed E-state index contributed by atoms with van der Waals surface area (Å²) in [7, 11) is 1.59. The lowest BCUT2D eigenvalue weighted by Crippen LogP contribution is -2.26. The molecule has 0 aliphatic heterocycles. The molecule has 4 nitrogen and oxygen atoms in total. The number of hydrogen-bond donors (Lipinski definition) is 2. The summed E-state index contributed by atoms with van der Waals surface area (Å²) in [5.41, 5.74) is 0.874. The monoisotopic (exact) mass is 289 g/mol. The van der Waals surface area contributed by atoms with Gasteiger partial charge < -0.3 is 15.2 Å². The molecule has 21 heavy (non-hydrogen) atoms. The molecule has 110 valence electrons. The minimum absolute atomic E-state index is 0.0900. The van der Waals surface area contributed by atoms with Crippen molar-refractivity contribution in [2.24, 2.45) is 0 Å². The van der Waals surface area contributed by atoms with Gasteiger partial charge in [0.2, 0.25) is 0 Å². The summed E-state index contributed by atoms with van der Waals surface area (Å²) in [6.07, 6.45) is 0.579. The van der Waals surface area contributed by atoms with Gasteiger partial charge in [-0.25, -0.2) is 4.39 Å². The Kier molecular flexibility index (Phi) is 4.77. The van der Waals surface area contributed by atoms with Crippen LogP contribution in [0.1, 0.15) is 15.9 Å². The van der Waals surface area contributed by atoms with E-state index in [9.17, 15) is 9.18 Å². The first kappa shape index (κ1) is 14.8. The third kappa shape index (κ3) is 3.72. The molecule has 2 aromatic carbocycles. The summed E-state index contributed by atoms with van der Waals surface area (Å²) >= 11 is 0. The molecule has 0 heterocycles. The molecule has 2 rings (SSSR count). The number of phenolic OH excluding ortho intramolecular Hbond substituents is 1. The zero-order valence-corrected chi connectivity index (χ0v) is 11.6. The second kappa shape index (κ2) is 6.74. The smallest absolute Gasteiger partial charge is 0.254 e. The van der Waals surface area contributed by atoms with Crippen LogP contribution in [-0.2, 0) is 6.42 Å². The van der Waals surface area contributed by atoms with E-state index >= 15 is 0 Å². The predicted molar refractivity (Wildman–Crippen MR) is 77.1 cm³/mol. The van der Waals surface area contributed by atoms with Crippen LogP contribution in [-0.4, -0.2) is 24.7 Å². The Labute approximate surface area is 122 Å². The largest absolute Gasteiger partial charge is 0.508 e. The number of carbonyl (C=O) groups excluding carboxylic acids is 1. The van der Waals surface area contributed by atoms with Gasteiger partial charge in [0, 0.05) is 12.6 Å². The molecule has 1 amide bonds. The van der Waals surface area contributed by atoms with Gasteiger partial charge in [0.1, 0.15) is 17.3 Å². The van der Waals surface area contributed by atoms with Crippen molar-refractivity contribution in [1.29, 1.82) is 0 Å². The van der Waals surface area contributed by atoms with E-state index in [4.69, 9.17) is 9.84 Å². The highest BCUT2D eigenvalue weighted by Crippen LogP contribution is 2.18. The molecular formula is C16H16FNO3. The van der Waals surface area contributed by atoms with E-state index < -0.39 is 11.7 Å². The molecule has 0 aliphatic rings. The number of hydrogen-bond acceptors (Lipinski definition) is 3. The molecule has 0 aromatic heterocycles. The first-order valence-electron chi connectivity index (χ1n) is 6.50. The van der Waals surface area contributed by atoms with Crippen LogP contribution in [0.3, 0.4) is 0 Å².